The van der Waals surface area contributed by atoms with Gasteiger partial charge in [-0.1, -0.05) is 62.6 Å². The van der Waals surface area contributed by atoms with E-state index >= 15 is 0 Å². The smallest absolute Gasteiger partial charge is 0.338 e. The van der Waals surface area contributed by atoms with Crippen molar-refractivity contribution in [1.29, 1.82) is 0 Å². The highest BCUT2D eigenvalue weighted by Gasteiger charge is 2.45. The number of carbonyl (C=O) groups is 2. The second-order valence-corrected chi connectivity index (χ2v) is 8.27. The Bertz CT molecular complexity index is 1120. The Morgan fingerprint density at radius 1 is 1.12 bits per heavy atom. The lowest BCUT2D eigenvalue weighted by atomic mass is 9.89. The van der Waals surface area contributed by atoms with E-state index < -0.39 is 23.8 Å². The third-order valence-corrected chi connectivity index (χ3v) is 6.05. The van der Waals surface area contributed by atoms with Crippen LogP contribution in [0, 0.1) is 0 Å². The average molecular weight is 450 g/mol. The molecule has 0 bridgehead atoms. The first-order valence-corrected chi connectivity index (χ1v) is 11.4. The van der Waals surface area contributed by atoms with Crippen molar-refractivity contribution in [2.75, 3.05) is 13.7 Å². The van der Waals surface area contributed by atoms with E-state index in [1.807, 2.05) is 24.3 Å². The van der Waals surface area contributed by atoms with Crippen molar-refractivity contribution in [3.8, 4) is 0 Å². The van der Waals surface area contributed by atoms with E-state index in [9.17, 15) is 14.0 Å². The number of halogens is 1. The van der Waals surface area contributed by atoms with Crippen LogP contribution in [-0.2, 0) is 14.3 Å². The van der Waals surface area contributed by atoms with Crippen LogP contribution in [0.25, 0.3) is 11.6 Å². The van der Waals surface area contributed by atoms with Crippen molar-refractivity contribution in [2.45, 2.75) is 44.6 Å². The van der Waals surface area contributed by atoms with Crippen molar-refractivity contribution in [3.63, 3.8) is 0 Å². The molecule has 0 aromatic heterocycles. The van der Waals surface area contributed by atoms with Gasteiger partial charge in [0.25, 0.3) is 0 Å². The molecule has 0 amide bonds. The summed E-state index contributed by atoms with van der Waals surface area (Å²) in [5.41, 5.74) is 2.67. The van der Waals surface area contributed by atoms with Crippen LogP contribution >= 0.6 is 0 Å². The molecule has 0 fully saturated rings. The van der Waals surface area contributed by atoms with Crippen molar-refractivity contribution in [3.05, 3.63) is 82.5 Å². The van der Waals surface area contributed by atoms with Crippen LogP contribution in [0.5, 0.6) is 0 Å². The van der Waals surface area contributed by atoms with Gasteiger partial charge in [-0.25, -0.2) is 9.18 Å². The zero-order chi connectivity index (χ0) is 23.4. The minimum absolute atomic E-state index is 0.271. The number of Topliss-reactive ketones (excluding diaryl/α,β-unsaturated/α-hetero) is 1. The van der Waals surface area contributed by atoms with Gasteiger partial charge in [-0.3, -0.25) is 4.79 Å². The summed E-state index contributed by atoms with van der Waals surface area (Å²) in [5.74, 6) is -1.68. The van der Waals surface area contributed by atoms with Gasteiger partial charge in [0.05, 0.1) is 23.7 Å². The van der Waals surface area contributed by atoms with E-state index in [0.717, 1.165) is 36.8 Å². The van der Waals surface area contributed by atoms with Gasteiger partial charge >= 0.3 is 5.97 Å². The molecule has 4 rings (SSSR count). The Morgan fingerprint density at radius 3 is 2.73 bits per heavy atom. The van der Waals surface area contributed by atoms with E-state index in [-0.39, 0.29) is 11.7 Å². The molecule has 6 heteroatoms. The van der Waals surface area contributed by atoms with Crippen LogP contribution in [0.2, 0.25) is 0 Å². The molecule has 2 aromatic rings. The van der Waals surface area contributed by atoms with Crippen LogP contribution in [0.1, 0.15) is 65.6 Å². The van der Waals surface area contributed by atoms with Gasteiger partial charge in [0.15, 0.2) is 12.0 Å². The van der Waals surface area contributed by atoms with E-state index in [1.165, 1.54) is 6.08 Å². The zero-order valence-corrected chi connectivity index (χ0v) is 18.9. The number of ketones is 1. The van der Waals surface area contributed by atoms with Crippen LogP contribution < -0.4 is 5.32 Å². The molecule has 5 nitrogen and oxygen atoms in total. The maximum atomic E-state index is 14.9. The molecule has 2 aliphatic rings. The molecular formula is C27H28FNO4. The minimum atomic E-state index is -1.02. The maximum Gasteiger partial charge on any atom is 0.338 e. The summed E-state index contributed by atoms with van der Waals surface area (Å²) in [6, 6.07) is 14.0. The Balaban J connectivity index is 1.54. The summed E-state index contributed by atoms with van der Waals surface area (Å²) in [6.45, 7) is 2.49. The molecule has 2 aromatic carbocycles. The summed E-state index contributed by atoms with van der Waals surface area (Å²) >= 11 is 0. The molecule has 33 heavy (non-hydrogen) atoms. The highest BCUT2D eigenvalue weighted by Crippen LogP contribution is 2.45. The molecule has 172 valence electrons. The number of ether oxygens (including phenoxy) is 2. The molecule has 0 radical (unpaired) electrons. The van der Waals surface area contributed by atoms with Gasteiger partial charge in [0.2, 0.25) is 5.78 Å². The normalized spacial score (nSPS) is 19.2. The summed E-state index contributed by atoms with van der Waals surface area (Å²) in [6.07, 6.45) is 4.50. The van der Waals surface area contributed by atoms with E-state index in [1.54, 1.807) is 31.3 Å². The maximum absolute atomic E-state index is 14.9. The number of nitrogens with one attached hydrogen (secondary N) is 1. The monoisotopic (exact) mass is 449 g/mol. The topological polar surface area (TPSA) is 64.6 Å². The number of unbranched alkanes of at least 4 members (excludes halogenated alkanes) is 3. The summed E-state index contributed by atoms with van der Waals surface area (Å²) < 4.78 is 26.2. The molecule has 0 saturated carbocycles. The van der Waals surface area contributed by atoms with Crippen LogP contribution in [0.4, 0.5) is 4.39 Å². The lowest BCUT2D eigenvalue weighted by Gasteiger charge is -2.19. The average Bonchev–Trinajstić information content (AvgIpc) is 3.33. The Kier molecular flexibility index (Phi) is 6.92. The first kappa shape index (κ1) is 22.8. The van der Waals surface area contributed by atoms with Gasteiger partial charge in [0.1, 0.15) is 5.83 Å². The Hall–Kier alpha value is -3.41. The standard InChI is InChI=1S/C27H28FNO4/c1-3-4-5-8-14-32-27(31)19-12-9-11-18(15-19)22-24(30)25(33-26(22)29-2)23-20-13-7-6-10-17(20)16-21(23)28/h6-7,9-13,15-16,23,25,29H,3-5,8,14H2,1-2H3. The highest BCUT2D eigenvalue weighted by atomic mass is 19.1. The molecule has 2 atom stereocenters. The number of esters is 1. The van der Waals surface area contributed by atoms with E-state index in [0.29, 0.717) is 23.3 Å². The molecule has 2 unspecified atom stereocenters. The molecular weight excluding hydrogens is 421 g/mol. The second kappa shape index (κ2) is 10.0. The Morgan fingerprint density at radius 2 is 1.94 bits per heavy atom. The third kappa shape index (κ3) is 4.56. The van der Waals surface area contributed by atoms with E-state index in [4.69, 9.17) is 9.47 Å². The second-order valence-electron chi connectivity index (χ2n) is 8.27. The third-order valence-electron chi connectivity index (χ3n) is 6.05. The number of fused-ring (bicyclic) bond motifs is 1. The molecule has 1 aliphatic carbocycles. The minimum Gasteiger partial charge on any atom is -0.466 e. The van der Waals surface area contributed by atoms with Crippen LogP contribution in [-0.4, -0.2) is 31.5 Å². The lowest BCUT2D eigenvalue weighted by Crippen LogP contribution is -2.26. The molecule has 1 aliphatic heterocycles. The van der Waals surface area contributed by atoms with Crippen molar-refractivity contribution in [1.82, 2.24) is 5.32 Å². The summed E-state index contributed by atoms with van der Waals surface area (Å²) in [5, 5.41) is 2.92. The van der Waals surface area contributed by atoms with Crippen LogP contribution in [0.3, 0.4) is 0 Å². The quantitative estimate of drug-likeness (QED) is 0.411. The highest BCUT2D eigenvalue weighted by molar-refractivity contribution is 6.25. The molecule has 1 heterocycles. The van der Waals surface area contributed by atoms with Crippen LogP contribution in [0.15, 0.2) is 60.2 Å². The first-order valence-electron chi connectivity index (χ1n) is 11.4. The largest absolute Gasteiger partial charge is 0.466 e. The van der Waals surface area contributed by atoms with Gasteiger partial charge in [-0.15, -0.1) is 0 Å². The predicted molar refractivity (Wildman–Crippen MR) is 125 cm³/mol. The first-order chi connectivity index (χ1) is 16.0. The molecule has 0 saturated heterocycles. The number of hydrogen-bond donors (Lipinski definition) is 1. The Labute approximate surface area is 193 Å². The van der Waals surface area contributed by atoms with E-state index in [2.05, 4.69) is 12.2 Å². The van der Waals surface area contributed by atoms with Gasteiger partial charge in [0, 0.05) is 7.05 Å². The fraction of sp³-hybridized carbons (Fsp3) is 0.333. The fourth-order valence-electron chi connectivity index (χ4n) is 4.37. The molecule has 0 spiro atoms. The number of carbonyl (C=O) groups excluding carboxylic acids is 2. The number of benzene rings is 2. The van der Waals surface area contributed by atoms with Gasteiger partial charge in [-0.05, 0) is 41.3 Å². The zero-order valence-electron chi connectivity index (χ0n) is 18.9. The fourth-order valence-corrected chi connectivity index (χ4v) is 4.37. The summed E-state index contributed by atoms with van der Waals surface area (Å²) in [7, 11) is 1.65. The lowest BCUT2D eigenvalue weighted by molar-refractivity contribution is -0.120. The van der Waals surface area contributed by atoms with Crippen molar-refractivity contribution in [2.24, 2.45) is 0 Å². The number of hydrogen-bond acceptors (Lipinski definition) is 5. The van der Waals surface area contributed by atoms with Gasteiger partial charge < -0.3 is 14.8 Å². The summed E-state index contributed by atoms with van der Waals surface area (Å²) in [4.78, 5) is 25.9. The number of rotatable bonds is 9. The van der Waals surface area contributed by atoms with Crippen molar-refractivity contribution >= 4 is 23.4 Å². The molecule has 1 N–H and O–H groups in total. The SMILES string of the molecule is CCCCCCOC(=O)c1cccc(C2=C(NC)OC(C3C(F)=Cc4ccccc43)C2=O)c1. The van der Waals surface area contributed by atoms with Gasteiger partial charge in [-0.2, -0.15) is 0 Å². The predicted octanol–water partition coefficient (Wildman–Crippen LogP) is 5.39. The van der Waals surface area contributed by atoms with Crippen molar-refractivity contribution < 1.29 is 23.5 Å².